The first-order chi connectivity index (χ1) is 14.7. The maximum Gasteiger partial charge on any atom is 0.262 e. The van der Waals surface area contributed by atoms with Crippen LogP contribution in [0.1, 0.15) is 21.5 Å². The molecular formula is C22H20F2N2O4S. The van der Waals surface area contributed by atoms with Gasteiger partial charge in [-0.1, -0.05) is 6.07 Å². The summed E-state index contributed by atoms with van der Waals surface area (Å²) in [5.74, 6) is -1.33. The van der Waals surface area contributed by atoms with E-state index in [1.54, 1.807) is 31.2 Å². The molecular weight excluding hydrogens is 426 g/mol. The van der Waals surface area contributed by atoms with Gasteiger partial charge < -0.3 is 10.1 Å². The van der Waals surface area contributed by atoms with Crippen LogP contribution in [0.5, 0.6) is 5.75 Å². The number of benzene rings is 3. The van der Waals surface area contributed by atoms with E-state index in [0.29, 0.717) is 17.0 Å². The molecule has 0 atom stereocenters. The standard InChI is InChI=1S/C22H20F2N2O4S/c1-14-3-4-15(22(27)25-13-16-11-17(23)5-10-20(16)24)12-21(14)31(28,29)26-18-6-8-19(30-2)9-7-18/h3-12,26H,13H2,1-2H3,(H,25,27). The molecule has 3 aromatic rings. The van der Waals surface area contributed by atoms with Gasteiger partial charge in [0.15, 0.2) is 0 Å². The number of hydrogen-bond donors (Lipinski definition) is 2. The Morgan fingerprint density at radius 1 is 1.00 bits per heavy atom. The second-order valence-electron chi connectivity index (χ2n) is 6.73. The molecule has 0 heterocycles. The minimum atomic E-state index is -3.98. The monoisotopic (exact) mass is 446 g/mol. The van der Waals surface area contributed by atoms with Crippen LogP contribution in [0.15, 0.2) is 65.6 Å². The van der Waals surface area contributed by atoms with E-state index in [2.05, 4.69) is 10.0 Å². The molecule has 9 heteroatoms. The van der Waals surface area contributed by atoms with Crippen LogP contribution in [0.2, 0.25) is 0 Å². The Bertz CT molecular complexity index is 1210. The summed E-state index contributed by atoms with van der Waals surface area (Å²) in [5, 5.41) is 2.47. The van der Waals surface area contributed by atoms with Crippen LogP contribution in [0.3, 0.4) is 0 Å². The number of amides is 1. The zero-order valence-electron chi connectivity index (χ0n) is 16.8. The summed E-state index contributed by atoms with van der Waals surface area (Å²) in [6.07, 6.45) is 0. The van der Waals surface area contributed by atoms with Gasteiger partial charge in [-0.15, -0.1) is 0 Å². The minimum absolute atomic E-state index is 0.0190. The highest BCUT2D eigenvalue weighted by atomic mass is 32.2. The fourth-order valence-corrected chi connectivity index (χ4v) is 4.19. The van der Waals surface area contributed by atoms with Gasteiger partial charge in [-0.3, -0.25) is 9.52 Å². The summed E-state index contributed by atoms with van der Waals surface area (Å²) < 4.78 is 60.2. The molecule has 6 nitrogen and oxygen atoms in total. The topological polar surface area (TPSA) is 84.5 Å². The number of methoxy groups -OCH3 is 1. The second-order valence-corrected chi connectivity index (χ2v) is 8.38. The number of rotatable bonds is 7. The van der Waals surface area contributed by atoms with Crippen molar-refractivity contribution in [3.8, 4) is 5.75 Å². The molecule has 0 aliphatic rings. The van der Waals surface area contributed by atoms with Crippen LogP contribution in [-0.2, 0) is 16.6 Å². The van der Waals surface area contributed by atoms with Gasteiger partial charge in [0.05, 0.1) is 12.0 Å². The molecule has 3 rings (SSSR count). The highest BCUT2D eigenvalue weighted by Gasteiger charge is 2.20. The largest absolute Gasteiger partial charge is 0.497 e. The van der Waals surface area contributed by atoms with Crippen LogP contribution < -0.4 is 14.8 Å². The van der Waals surface area contributed by atoms with Crippen molar-refractivity contribution in [1.29, 1.82) is 0 Å². The number of carbonyl (C=O) groups is 1. The van der Waals surface area contributed by atoms with E-state index in [1.807, 2.05) is 0 Å². The van der Waals surface area contributed by atoms with Crippen LogP contribution in [0, 0.1) is 18.6 Å². The van der Waals surface area contributed by atoms with E-state index in [-0.39, 0.29) is 22.6 Å². The summed E-state index contributed by atoms with van der Waals surface area (Å²) >= 11 is 0. The van der Waals surface area contributed by atoms with Gasteiger partial charge in [-0.05, 0) is 67.1 Å². The maximum absolute atomic E-state index is 13.7. The summed E-state index contributed by atoms with van der Waals surface area (Å²) in [4.78, 5) is 12.4. The predicted molar refractivity (Wildman–Crippen MR) is 113 cm³/mol. The second kappa shape index (κ2) is 9.13. The first kappa shape index (κ1) is 22.2. The molecule has 0 unspecified atom stereocenters. The lowest BCUT2D eigenvalue weighted by Crippen LogP contribution is -2.24. The fraction of sp³-hybridized carbons (Fsp3) is 0.136. The quantitative estimate of drug-likeness (QED) is 0.574. The number of carbonyl (C=O) groups excluding carboxylic acids is 1. The van der Waals surface area contributed by atoms with Gasteiger partial charge >= 0.3 is 0 Å². The Morgan fingerprint density at radius 2 is 1.71 bits per heavy atom. The highest BCUT2D eigenvalue weighted by molar-refractivity contribution is 7.92. The number of halogens is 2. The van der Waals surface area contributed by atoms with Crippen LogP contribution in [0.4, 0.5) is 14.5 Å². The summed E-state index contributed by atoms with van der Waals surface area (Å²) in [5.41, 5.74) is 0.817. The van der Waals surface area contributed by atoms with E-state index in [4.69, 9.17) is 4.74 Å². The number of hydrogen-bond acceptors (Lipinski definition) is 4. The van der Waals surface area contributed by atoms with Gasteiger partial charge in [0.2, 0.25) is 0 Å². The van der Waals surface area contributed by atoms with Crippen molar-refractivity contribution < 1.29 is 26.7 Å². The van der Waals surface area contributed by atoms with Crippen LogP contribution >= 0.6 is 0 Å². The van der Waals surface area contributed by atoms with Gasteiger partial charge in [0.25, 0.3) is 15.9 Å². The molecule has 2 N–H and O–H groups in total. The van der Waals surface area contributed by atoms with Crippen molar-refractivity contribution in [2.75, 3.05) is 11.8 Å². The smallest absolute Gasteiger partial charge is 0.262 e. The molecule has 0 aliphatic heterocycles. The minimum Gasteiger partial charge on any atom is -0.497 e. The number of ether oxygens (including phenoxy) is 1. The maximum atomic E-state index is 13.7. The van der Waals surface area contributed by atoms with Crippen molar-refractivity contribution in [3.63, 3.8) is 0 Å². The molecule has 162 valence electrons. The Balaban J connectivity index is 1.79. The molecule has 0 bridgehead atoms. The van der Waals surface area contributed by atoms with Crippen molar-refractivity contribution >= 4 is 21.6 Å². The number of sulfonamides is 1. The van der Waals surface area contributed by atoms with Gasteiger partial charge in [-0.2, -0.15) is 0 Å². The van der Waals surface area contributed by atoms with Crippen LogP contribution in [0.25, 0.3) is 0 Å². The Hall–Kier alpha value is -3.46. The van der Waals surface area contributed by atoms with E-state index in [1.165, 1.54) is 25.3 Å². The van der Waals surface area contributed by atoms with Gasteiger partial charge in [-0.25, -0.2) is 17.2 Å². The fourth-order valence-electron chi connectivity index (χ4n) is 2.86. The molecule has 31 heavy (non-hydrogen) atoms. The lowest BCUT2D eigenvalue weighted by atomic mass is 10.1. The number of nitrogens with one attached hydrogen (secondary N) is 2. The first-order valence-corrected chi connectivity index (χ1v) is 10.7. The third kappa shape index (κ3) is 5.37. The molecule has 0 saturated carbocycles. The van der Waals surface area contributed by atoms with Crippen molar-refractivity contribution in [1.82, 2.24) is 5.32 Å². The van der Waals surface area contributed by atoms with Crippen molar-refractivity contribution in [2.24, 2.45) is 0 Å². The van der Waals surface area contributed by atoms with Gasteiger partial charge in [0, 0.05) is 23.4 Å². The Morgan fingerprint density at radius 3 is 2.39 bits per heavy atom. The Kier molecular flexibility index (Phi) is 6.55. The van der Waals surface area contributed by atoms with E-state index < -0.39 is 27.6 Å². The van der Waals surface area contributed by atoms with Crippen molar-refractivity contribution in [2.45, 2.75) is 18.4 Å². The summed E-state index contributed by atoms with van der Waals surface area (Å²) in [6.45, 7) is 1.36. The number of anilines is 1. The Labute approximate surface area is 178 Å². The van der Waals surface area contributed by atoms with Gasteiger partial charge in [0.1, 0.15) is 17.4 Å². The first-order valence-electron chi connectivity index (χ1n) is 9.19. The zero-order valence-corrected chi connectivity index (χ0v) is 17.6. The third-order valence-electron chi connectivity index (χ3n) is 4.53. The lowest BCUT2D eigenvalue weighted by Gasteiger charge is -2.13. The highest BCUT2D eigenvalue weighted by Crippen LogP contribution is 2.22. The molecule has 3 aromatic carbocycles. The van der Waals surface area contributed by atoms with Crippen LogP contribution in [-0.4, -0.2) is 21.4 Å². The molecule has 1 amide bonds. The van der Waals surface area contributed by atoms with E-state index >= 15 is 0 Å². The SMILES string of the molecule is COc1ccc(NS(=O)(=O)c2cc(C(=O)NCc3cc(F)ccc3F)ccc2C)cc1. The molecule has 0 saturated heterocycles. The zero-order chi connectivity index (χ0) is 22.6. The normalized spacial score (nSPS) is 11.1. The molecule has 0 aromatic heterocycles. The summed E-state index contributed by atoms with van der Waals surface area (Å²) in [6, 6.07) is 13.5. The molecule has 0 aliphatic carbocycles. The van der Waals surface area contributed by atoms with E-state index in [9.17, 15) is 22.0 Å². The molecule has 0 spiro atoms. The average Bonchev–Trinajstić information content (AvgIpc) is 2.74. The molecule has 0 fully saturated rings. The summed E-state index contributed by atoms with van der Waals surface area (Å²) in [7, 11) is -2.48. The van der Waals surface area contributed by atoms with E-state index in [0.717, 1.165) is 18.2 Å². The predicted octanol–water partition coefficient (Wildman–Crippen LogP) is 4.01. The molecule has 0 radical (unpaired) electrons. The lowest BCUT2D eigenvalue weighted by molar-refractivity contribution is 0.0950. The number of aryl methyl sites for hydroxylation is 1. The van der Waals surface area contributed by atoms with Crippen molar-refractivity contribution in [3.05, 3.63) is 89.0 Å². The average molecular weight is 446 g/mol. The third-order valence-corrected chi connectivity index (χ3v) is 6.05.